The van der Waals surface area contributed by atoms with Crippen molar-refractivity contribution in [2.45, 2.75) is 19.3 Å². The van der Waals surface area contributed by atoms with Crippen LogP contribution in [0.1, 0.15) is 25.0 Å². The van der Waals surface area contributed by atoms with Gasteiger partial charge >= 0.3 is 0 Å². The molecule has 2 aliphatic rings. The minimum atomic E-state index is -0.182. The van der Waals surface area contributed by atoms with Crippen molar-refractivity contribution in [2.75, 3.05) is 4.90 Å². The molecule has 2 aromatic heterocycles. The molecule has 0 spiro atoms. The molecule has 6 nitrogen and oxygen atoms in total. The molecule has 0 aliphatic carbocycles. The molecule has 9 rings (SSSR count). The first-order valence-electron chi connectivity index (χ1n) is 14.6. The number of fused-ring (bicyclic) bond motifs is 6. The van der Waals surface area contributed by atoms with Gasteiger partial charge in [-0.2, -0.15) is 0 Å². The molecule has 2 aliphatic heterocycles. The van der Waals surface area contributed by atoms with Crippen LogP contribution in [0.15, 0.2) is 125 Å². The van der Waals surface area contributed by atoms with Crippen molar-refractivity contribution in [3.63, 3.8) is 0 Å². The molecule has 0 N–H and O–H groups in total. The Bertz CT molecular complexity index is 2380. The van der Waals surface area contributed by atoms with Crippen LogP contribution in [0.4, 0.5) is 17.1 Å². The van der Waals surface area contributed by atoms with Crippen molar-refractivity contribution in [1.82, 2.24) is 9.97 Å². The van der Waals surface area contributed by atoms with Crippen molar-refractivity contribution in [2.24, 2.45) is 0 Å². The van der Waals surface area contributed by atoms with Crippen LogP contribution >= 0.6 is 0 Å². The van der Waals surface area contributed by atoms with Crippen molar-refractivity contribution in [3.8, 4) is 33.9 Å². The lowest BCUT2D eigenvalue weighted by Gasteiger charge is -2.44. The summed E-state index contributed by atoms with van der Waals surface area (Å²) < 4.78 is 12.7. The van der Waals surface area contributed by atoms with Crippen LogP contribution in [0, 0.1) is 0 Å². The van der Waals surface area contributed by atoms with Gasteiger partial charge in [0.15, 0.2) is 11.5 Å². The number of rotatable bonds is 2. The highest BCUT2D eigenvalue weighted by atomic mass is 16.5. The summed E-state index contributed by atoms with van der Waals surface area (Å²) in [6, 6.07) is 32.5. The Kier molecular flexibility index (Phi) is 5.01. The van der Waals surface area contributed by atoms with Crippen LogP contribution in [0.2, 0.25) is 0 Å². The number of anilines is 3. The third-order valence-electron chi connectivity index (χ3n) is 8.99. The third-order valence-corrected chi connectivity index (χ3v) is 8.99. The van der Waals surface area contributed by atoms with Crippen molar-refractivity contribution in [3.05, 3.63) is 137 Å². The number of hydrogen-bond acceptors (Lipinski definition) is 6. The van der Waals surface area contributed by atoms with Crippen LogP contribution in [0.3, 0.4) is 0 Å². The minimum Gasteiger partial charge on any atom is -0.456 e. The second-order valence-corrected chi connectivity index (χ2v) is 11.9. The summed E-state index contributed by atoms with van der Waals surface area (Å²) in [5.74, 6) is 1.64. The largest absolute Gasteiger partial charge is 0.456 e. The van der Waals surface area contributed by atoms with Gasteiger partial charge in [-0.1, -0.05) is 56.3 Å². The van der Waals surface area contributed by atoms with Gasteiger partial charge in [-0.3, -0.25) is 14.8 Å². The lowest BCUT2D eigenvalue weighted by atomic mass is 9.73. The summed E-state index contributed by atoms with van der Waals surface area (Å²) >= 11 is 0. The van der Waals surface area contributed by atoms with Crippen LogP contribution in [-0.4, -0.2) is 9.97 Å². The predicted molar refractivity (Wildman–Crippen MR) is 173 cm³/mol. The monoisotopic (exact) mass is 571 g/mol. The Labute approximate surface area is 252 Å². The van der Waals surface area contributed by atoms with Gasteiger partial charge in [-0.15, -0.1) is 0 Å². The maximum absolute atomic E-state index is 13.8. The van der Waals surface area contributed by atoms with Crippen LogP contribution in [0.25, 0.3) is 44.3 Å². The smallest absolute Gasteiger partial charge is 0.200 e. The summed E-state index contributed by atoms with van der Waals surface area (Å²) in [5.41, 5.74) is 9.89. The molecule has 6 heteroatoms. The molecule has 0 atom stereocenters. The summed E-state index contributed by atoms with van der Waals surface area (Å²) in [7, 11) is 0. The molecule has 7 aromatic rings. The lowest BCUT2D eigenvalue weighted by molar-refractivity contribution is 0.471. The molecule has 0 bridgehead atoms. The van der Waals surface area contributed by atoms with Crippen LogP contribution in [-0.2, 0) is 5.41 Å². The van der Waals surface area contributed by atoms with E-state index in [0.717, 1.165) is 45.3 Å². The molecule has 5 aromatic carbocycles. The van der Waals surface area contributed by atoms with Gasteiger partial charge in [0.25, 0.3) is 0 Å². The number of para-hydroxylation sites is 2. The fourth-order valence-corrected chi connectivity index (χ4v) is 6.77. The van der Waals surface area contributed by atoms with E-state index in [1.807, 2.05) is 54.6 Å². The van der Waals surface area contributed by atoms with Gasteiger partial charge in [-0.05, 0) is 76.9 Å². The standard InChI is InChI=1S/C38H25N3O3/c1-38(2)27-6-3-4-8-30(27)41-31-20-23(11-15-34(31)44-35-9-5-7-28(38)36(35)41)22-10-13-32-25(18-22)37(42)26-19-24(12-14-33(26)43-32)29-21-39-16-17-40-29/h3-21H,1-2H3. The third kappa shape index (κ3) is 3.45. The first kappa shape index (κ1) is 24.8. The number of ether oxygens (including phenoxy) is 1. The molecule has 0 saturated heterocycles. The molecule has 210 valence electrons. The normalized spacial score (nSPS) is 14.1. The number of nitrogens with zero attached hydrogens (tertiary/aromatic N) is 3. The highest BCUT2D eigenvalue weighted by Crippen LogP contribution is 2.59. The van der Waals surface area contributed by atoms with Crippen molar-refractivity contribution in [1.29, 1.82) is 0 Å². The number of hydrogen-bond donors (Lipinski definition) is 0. The molecule has 0 fully saturated rings. The average Bonchev–Trinajstić information content (AvgIpc) is 3.06. The molecular weight excluding hydrogens is 546 g/mol. The Morgan fingerprint density at radius 3 is 2.23 bits per heavy atom. The molecule has 44 heavy (non-hydrogen) atoms. The highest BCUT2D eigenvalue weighted by molar-refractivity contribution is 5.96. The van der Waals surface area contributed by atoms with Gasteiger partial charge in [0.1, 0.15) is 11.2 Å². The summed E-state index contributed by atoms with van der Waals surface area (Å²) in [6.07, 6.45) is 4.95. The highest BCUT2D eigenvalue weighted by Gasteiger charge is 2.41. The van der Waals surface area contributed by atoms with Gasteiger partial charge < -0.3 is 14.1 Å². The van der Waals surface area contributed by atoms with E-state index in [1.165, 1.54) is 11.1 Å². The van der Waals surface area contributed by atoms with Crippen molar-refractivity contribution < 1.29 is 9.15 Å². The molecule has 0 amide bonds. The molecule has 0 unspecified atom stereocenters. The first-order chi connectivity index (χ1) is 21.5. The second-order valence-electron chi connectivity index (χ2n) is 11.9. The lowest BCUT2D eigenvalue weighted by Crippen LogP contribution is -2.32. The topological polar surface area (TPSA) is 68.5 Å². The maximum atomic E-state index is 13.8. The van der Waals surface area contributed by atoms with E-state index >= 15 is 0 Å². The van der Waals surface area contributed by atoms with Gasteiger partial charge in [-0.25, -0.2) is 0 Å². The molecule has 4 heterocycles. The van der Waals surface area contributed by atoms with Gasteiger partial charge in [0.05, 0.1) is 39.7 Å². The Hall–Kier alpha value is -5.75. The van der Waals surface area contributed by atoms with E-state index in [-0.39, 0.29) is 10.8 Å². The average molecular weight is 572 g/mol. The summed E-state index contributed by atoms with van der Waals surface area (Å²) in [6.45, 7) is 4.54. The zero-order valence-corrected chi connectivity index (χ0v) is 24.0. The number of benzene rings is 5. The molecule has 0 saturated carbocycles. The van der Waals surface area contributed by atoms with E-state index in [2.05, 4.69) is 71.2 Å². The second kappa shape index (κ2) is 8.88. The minimum absolute atomic E-state index is 0.0825. The quantitative estimate of drug-likeness (QED) is 0.193. The van der Waals surface area contributed by atoms with E-state index < -0.39 is 0 Å². The van der Waals surface area contributed by atoms with E-state index in [4.69, 9.17) is 9.15 Å². The number of aromatic nitrogens is 2. The first-order valence-corrected chi connectivity index (χ1v) is 14.6. The van der Waals surface area contributed by atoms with E-state index in [9.17, 15) is 4.79 Å². The zero-order valence-electron chi connectivity index (χ0n) is 24.0. The molecule has 0 radical (unpaired) electrons. The van der Waals surface area contributed by atoms with Crippen LogP contribution in [0.5, 0.6) is 11.5 Å². The molecular formula is C38H25N3O3. The van der Waals surface area contributed by atoms with E-state index in [1.54, 1.807) is 18.6 Å². The van der Waals surface area contributed by atoms with Crippen LogP contribution < -0.4 is 15.1 Å². The predicted octanol–water partition coefficient (Wildman–Crippen LogP) is 9.28. The Morgan fingerprint density at radius 1 is 0.682 bits per heavy atom. The zero-order chi connectivity index (χ0) is 29.6. The Morgan fingerprint density at radius 2 is 1.41 bits per heavy atom. The van der Waals surface area contributed by atoms with Gasteiger partial charge in [0.2, 0.25) is 5.43 Å². The fraction of sp³-hybridized carbons (Fsp3) is 0.0789. The Balaban J connectivity index is 1.21. The fourth-order valence-electron chi connectivity index (χ4n) is 6.77. The summed E-state index contributed by atoms with van der Waals surface area (Å²) in [4.78, 5) is 24.7. The van der Waals surface area contributed by atoms with Crippen molar-refractivity contribution >= 4 is 39.0 Å². The maximum Gasteiger partial charge on any atom is 0.200 e. The van der Waals surface area contributed by atoms with Gasteiger partial charge in [0, 0.05) is 23.4 Å². The SMILES string of the molecule is CC1(C)c2ccccc2N2c3cc(-c4ccc5oc6ccc(-c7cnccn7)cc6c(=O)c5c4)ccc3Oc3cccc1c32. The van der Waals surface area contributed by atoms with E-state index in [0.29, 0.717) is 27.6 Å². The summed E-state index contributed by atoms with van der Waals surface area (Å²) in [5, 5.41) is 1.03.